The number of piperidine rings is 1. The van der Waals surface area contributed by atoms with Crippen LogP contribution in [0.5, 0.6) is 0 Å². The van der Waals surface area contributed by atoms with E-state index in [0.717, 1.165) is 12.8 Å². The normalized spacial score (nSPS) is 17.2. The molecular formula is C16H19FN6O2. The first kappa shape index (κ1) is 16.9. The van der Waals surface area contributed by atoms with Gasteiger partial charge in [0.05, 0.1) is 0 Å². The summed E-state index contributed by atoms with van der Waals surface area (Å²) in [5.41, 5.74) is 0.604. The van der Waals surface area contributed by atoms with Crippen LogP contribution in [0.3, 0.4) is 0 Å². The van der Waals surface area contributed by atoms with E-state index in [0.29, 0.717) is 18.8 Å². The van der Waals surface area contributed by atoms with Crippen LogP contribution in [0.15, 0.2) is 30.9 Å². The molecule has 0 unspecified atom stereocenters. The molecule has 1 aliphatic rings. The molecule has 9 heteroatoms. The van der Waals surface area contributed by atoms with E-state index >= 15 is 0 Å². The zero-order chi connectivity index (χ0) is 17.8. The Balaban J connectivity index is 1.64. The van der Waals surface area contributed by atoms with E-state index in [1.807, 2.05) is 0 Å². The predicted octanol–water partition coefficient (Wildman–Crippen LogP) is 1.54. The Morgan fingerprint density at radius 2 is 2.20 bits per heavy atom. The van der Waals surface area contributed by atoms with Crippen LogP contribution < -0.4 is 10.6 Å². The summed E-state index contributed by atoms with van der Waals surface area (Å²) in [5, 5.41) is 9.39. The third kappa shape index (κ3) is 4.11. The van der Waals surface area contributed by atoms with Crippen LogP contribution in [0.4, 0.5) is 14.9 Å². The van der Waals surface area contributed by atoms with Gasteiger partial charge in [-0.25, -0.2) is 18.9 Å². The predicted molar refractivity (Wildman–Crippen MR) is 88.7 cm³/mol. The van der Waals surface area contributed by atoms with Crippen molar-refractivity contribution in [2.75, 3.05) is 18.4 Å². The molecule has 1 fully saturated rings. The summed E-state index contributed by atoms with van der Waals surface area (Å²) >= 11 is 0. The zero-order valence-corrected chi connectivity index (χ0v) is 13.8. The molecule has 25 heavy (non-hydrogen) atoms. The van der Waals surface area contributed by atoms with Gasteiger partial charge in [0.15, 0.2) is 5.82 Å². The number of nitrogens with one attached hydrogen (secondary N) is 2. The number of halogens is 1. The number of anilines is 1. The number of urea groups is 1. The summed E-state index contributed by atoms with van der Waals surface area (Å²) in [6, 6.07) is 4.00. The van der Waals surface area contributed by atoms with Gasteiger partial charge >= 0.3 is 6.03 Å². The van der Waals surface area contributed by atoms with Gasteiger partial charge in [0.1, 0.15) is 18.3 Å². The van der Waals surface area contributed by atoms with Crippen LogP contribution >= 0.6 is 0 Å². The van der Waals surface area contributed by atoms with Gasteiger partial charge < -0.3 is 15.5 Å². The maximum atomic E-state index is 14.2. The lowest BCUT2D eigenvalue weighted by Crippen LogP contribution is -2.50. The van der Waals surface area contributed by atoms with Crippen molar-refractivity contribution in [2.45, 2.75) is 25.8 Å². The fraction of sp³-hybridized carbons (Fsp3) is 0.375. The van der Waals surface area contributed by atoms with Gasteiger partial charge in [-0.1, -0.05) is 0 Å². The Morgan fingerprint density at radius 3 is 2.88 bits per heavy atom. The van der Waals surface area contributed by atoms with Gasteiger partial charge in [0, 0.05) is 31.7 Å². The van der Waals surface area contributed by atoms with E-state index in [1.165, 1.54) is 36.4 Å². The SMILES string of the molecule is CC(=O)N[C@@H]1CCCN(C(=O)Nc2ccc(-n3cncn3)c(F)c2)C1. The minimum atomic E-state index is -0.516. The smallest absolute Gasteiger partial charge is 0.321 e. The summed E-state index contributed by atoms with van der Waals surface area (Å²) in [6.45, 7) is 2.49. The highest BCUT2D eigenvalue weighted by Crippen LogP contribution is 2.18. The van der Waals surface area contributed by atoms with E-state index in [9.17, 15) is 14.0 Å². The minimum Gasteiger partial charge on any atom is -0.352 e. The Morgan fingerprint density at radius 1 is 1.36 bits per heavy atom. The first-order chi connectivity index (χ1) is 12.0. The summed E-state index contributed by atoms with van der Waals surface area (Å²) in [6.07, 6.45) is 4.35. The average molecular weight is 346 g/mol. The van der Waals surface area contributed by atoms with E-state index in [4.69, 9.17) is 0 Å². The van der Waals surface area contributed by atoms with E-state index < -0.39 is 5.82 Å². The quantitative estimate of drug-likeness (QED) is 0.882. The third-order valence-electron chi connectivity index (χ3n) is 3.98. The molecule has 3 rings (SSSR count). The molecule has 0 radical (unpaired) electrons. The van der Waals surface area contributed by atoms with Gasteiger partial charge in [-0.05, 0) is 31.0 Å². The van der Waals surface area contributed by atoms with Gasteiger partial charge in [0.25, 0.3) is 0 Å². The third-order valence-corrected chi connectivity index (χ3v) is 3.98. The molecule has 2 heterocycles. The van der Waals surface area contributed by atoms with Gasteiger partial charge in [0.2, 0.25) is 5.91 Å². The lowest BCUT2D eigenvalue weighted by atomic mass is 10.1. The van der Waals surface area contributed by atoms with Gasteiger partial charge in [-0.15, -0.1) is 0 Å². The first-order valence-electron chi connectivity index (χ1n) is 8.00. The molecule has 1 aromatic heterocycles. The van der Waals surface area contributed by atoms with Crippen molar-refractivity contribution in [3.8, 4) is 5.69 Å². The number of hydrogen-bond acceptors (Lipinski definition) is 4. The van der Waals surface area contributed by atoms with E-state index in [2.05, 4.69) is 20.7 Å². The van der Waals surface area contributed by atoms with Crippen molar-refractivity contribution >= 4 is 17.6 Å². The molecule has 0 saturated carbocycles. The van der Waals surface area contributed by atoms with Crippen LogP contribution in [0.25, 0.3) is 5.69 Å². The first-order valence-corrected chi connectivity index (χ1v) is 8.00. The summed E-state index contributed by atoms with van der Waals surface area (Å²) in [7, 11) is 0. The van der Waals surface area contributed by atoms with Crippen LogP contribution in [0.2, 0.25) is 0 Å². The molecule has 1 saturated heterocycles. The average Bonchev–Trinajstić information content (AvgIpc) is 3.09. The largest absolute Gasteiger partial charge is 0.352 e. The number of carbonyl (C=O) groups is 2. The van der Waals surface area contributed by atoms with Crippen LogP contribution in [-0.2, 0) is 4.79 Å². The molecular weight excluding hydrogens is 327 g/mol. The van der Waals surface area contributed by atoms with Crippen molar-refractivity contribution in [3.05, 3.63) is 36.7 Å². The number of amides is 3. The lowest BCUT2D eigenvalue weighted by Gasteiger charge is -2.33. The second kappa shape index (κ2) is 7.29. The Hall–Kier alpha value is -2.97. The fourth-order valence-electron chi connectivity index (χ4n) is 2.87. The van der Waals surface area contributed by atoms with Crippen molar-refractivity contribution in [2.24, 2.45) is 0 Å². The number of hydrogen-bond donors (Lipinski definition) is 2. The Kier molecular flexibility index (Phi) is 4.92. The molecule has 0 bridgehead atoms. The molecule has 2 N–H and O–H groups in total. The van der Waals surface area contributed by atoms with Crippen LogP contribution in [-0.4, -0.2) is 50.7 Å². The number of benzene rings is 1. The highest BCUT2D eigenvalue weighted by Gasteiger charge is 2.24. The highest BCUT2D eigenvalue weighted by atomic mass is 19.1. The molecule has 1 aliphatic heterocycles. The topological polar surface area (TPSA) is 92.2 Å². The summed E-state index contributed by atoms with van der Waals surface area (Å²) in [5.74, 6) is -0.629. The van der Waals surface area contributed by atoms with Crippen molar-refractivity contribution < 1.29 is 14.0 Å². The molecule has 0 aliphatic carbocycles. The molecule has 2 aromatic rings. The summed E-state index contributed by atoms with van der Waals surface area (Å²) < 4.78 is 15.5. The molecule has 8 nitrogen and oxygen atoms in total. The fourth-order valence-corrected chi connectivity index (χ4v) is 2.87. The minimum absolute atomic E-state index is 0.0524. The van der Waals surface area contributed by atoms with Gasteiger partial charge in [-0.3, -0.25) is 4.79 Å². The van der Waals surface area contributed by atoms with Gasteiger partial charge in [-0.2, -0.15) is 5.10 Å². The number of nitrogens with zero attached hydrogens (tertiary/aromatic N) is 4. The second-order valence-corrected chi connectivity index (χ2v) is 5.92. The Bertz CT molecular complexity index is 764. The standard InChI is InChI=1S/C16H19FN6O2/c1-11(24)20-13-3-2-6-22(8-13)16(25)21-12-4-5-15(14(17)7-12)23-10-18-9-19-23/h4-5,7,9-10,13H,2-3,6,8H2,1H3,(H,20,24)(H,21,25)/t13-/m1/s1. The highest BCUT2D eigenvalue weighted by molar-refractivity contribution is 5.89. The Labute approximate surface area is 144 Å². The molecule has 3 amide bonds. The van der Waals surface area contributed by atoms with Crippen molar-refractivity contribution in [1.29, 1.82) is 0 Å². The van der Waals surface area contributed by atoms with Crippen molar-refractivity contribution in [1.82, 2.24) is 25.0 Å². The summed E-state index contributed by atoms with van der Waals surface area (Å²) in [4.78, 5) is 28.9. The number of carbonyl (C=O) groups excluding carboxylic acids is 2. The number of likely N-dealkylation sites (tertiary alicyclic amines) is 1. The monoisotopic (exact) mass is 346 g/mol. The molecule has 132 valence electrons. The van der Waals surface area contributed by atoms with E-state index in [1.54, 1.807) is 11.0 Å². The van der Waals surface area contributed by atoms with Crippen LogP contribution in [0, 0.1) is 5.82 Å². The maximum Gasteiger partial charge on any atom is 0.321 e. The zero-order valence-electron chi connectivity index (χ0n) is 13.8. The van der Waals surface area contributed by atoms with E-state index in [-0.39, 0.29) is 23.7 Å². The van der Waals surface area contributed by atoms with Crippen LogP contribution in [0.1, 0.15) is 19.8 Å². The maximum absolute atomic E-state index is 14.2. The molecule has 1 aromatic carbocycles. The molecule has 1 atom stereocenters. The second-order valence-electron chi connectivity index (χ2n) is 5.92. The van der Waals surface area contributed by atoms with Crippen molar-refractivity contribution in [3.63, 3.8) is 0 Å². The number of rotatable bonds is 3. The lowest BCUT2D eigenvalue weighted by molar-refractivity contribution is -0.119. The number of aromatic nitrogens is 3. The molecule has 0 spiro atoms.